The number of aliphatic carboxylic acids is 2. The minimum atomic E-state index is -2.00. The van der Waals surface area contributed by atoms with Crippen LogP contribution in [0.1, 0.15) is 39.8 Å². The Kier molecular flexibility index (Phi) is 10.6. The van der Waals surface area contributed by atoms with Gasteiger partial charge in [-0.25, -0.2) is 14.4 Å². The third-order valence-electron chi connectivity index (χ3n) is 8.14. The summed E-state index contributed by atoms with van der Waals surface area (Å²) in [7, 11) is 0. The Morgan fingerprint density at radius 1 is 0.692 bits per heavy atom. The van der Waals surface area contributed by atoms with E-state index in [-0.39, 0.29) is 52.2 Å². The van der Waals surface area contributed by atoms with Crippen LogP contribution in [-0.4, -0.2) is 87.5 Å². The monoisotopic (exact) mass is 720 g/mol. The Morgan fingerprint density at radius 3 is 1.77 bits per heavy atom. The first-order valence-electron chi connectivity index (χ1n) is 15.4. The highest BCUT2D eigenvalue weighted by atomic mass is 16.6. The van der Waals surface area contributed by atoms with Crippen molar-refractivity contribution in [1.29, 1.82) is 0 Å². The third-order valence-corrected chi connectivity index (χ3v) is 8.14. The number of ether oxygens (including phenoxy) is 3. The van der Waals surface area contributed by atoms with E-state index in [4.69, 9.17) is 14.2 Å². The molecule has 4 aromatic rings. The SMILES string of the molecule is O=C(C=Cc1cc(O)cc2c1C(C(O)OC(Cc1ccc(O)c(O)c1)C(=O)O)C(c1ccc(O)c(O)c1)O2)OC(Cc1ccc(O)c(O)c1)C(=O)O. The molecule has 1 heterocycles. The molecule has 0 spiro atoms. The maximum atomic E-state index is 12.9. The van der Waals surface area contributed by atoms with Gasteiger partial charge >= 0.3 is 17.9 Å². The van der Waals surface area contributed by atoms with Crippen LogP contribution in [0.3, 0.4) is 0 Å². The number of hydrogen-bond donors (Lipinski definition) is 10. The van der Waals surface area contributed by atoms with Crippen LogP contribution in [0.4, 0.5) is 0 Å². The fraction of sp³-hybridized carbons (Fsp3) is 0.194. The molecule has 52 heavy (non-hydrogen) atoms. The molecule has 5 atom stereocenters. The van der Waals surface area contributed by atoms with Crippen LogP contribution in [0.25, 0.3) is 6.08 Å². The smallest absolute Gasteiger partial charge is 0.345 e. The minimum Gasteiger partial charge on any atom is -0.508 e. The number of phenols is 7. The average Bonchev–Trinajstić information content (AvgIpc) is 3.47. The Bertz CT molecular complexity index is 2040. The number of carbonyl (C=O) groups excluding carboxylic acids is 1. The van der Waals surface area contributed by atoms with Crippen molar-refractivity contribution in [3.05, 3.63) is 101 Å². The van der Waals surface area contributed by atoms with Gasteiger partial charge in [-0.2, -0.15) is 0 Å². The van der Waals surface area contributed by atoms with Crippen LogP contribution >= 0.6 is 0 Å². The van der Waals surface area contributed by atoms with E-state index in [1.54, 1.807) is 0 Å². The van der Waals surface area contributed by atoms with Crippen molar-refractivity contribution < 1.29 is 79.7 Å². The molecule has 0 aliphatic carbocycles. The van der Waals surface area contributed by atoms with Gasteiger partial charge in [-0.15, -0.1) is 0 Å². The lowest BCUT2D eigenvalue weighted by Crippen LogP contribution is -2.35. The Balaban J connectivity index is 1.47. The zero-order valence-corrected chi connectivity index (χ0v) is 26.7. The molecule has 16 nitrogen and oxygen atoms in total. The summed E-state index contributed by atoms with van der Waals surface area (Å²) in [5.41, 5.74) is 0.746. The molecule has 272 valence electrons. The van der Waals surface area contributed by atoms with E-state index in [1.165, 1.54) is 30.3 Å². The molecule has 0 saturated carbocycles. The van der Waals surface area contributed by atoms with Crippen LogP contribution < -0.4 is 4.74 Å². The number of benzene rings is 4. The highest BCUT2D eigenvalue weighted by molar-refractivity contribution is 5.90. The van der Waals surface area contributed by atoms with E-state index in [9.17, 15) is 65.4 Å². The molecule has 4 aromatic carbocycles. The van der Waals surface area contributed by atoms with Gasteiger partial charge in [-0.05, 0) is 70.8 Å². The van der Waals surface area contributed by atoms with Gasteiger partial charge in [-0.1, -0.05) is 18.2 Å². The minimum absolute atomic E-state index is 0.0239. The van der Waals surface area contributed by atoms with Gasteiger partial charge in [0.25, 0.3) is 0 Å². The first-order valence-corrected chi connectivity index (χ1v) is 15.4. The molecule has 0 fully saturated rings. The number of aliphatic hydroxyl groups is 1. The fourth-order valence-corrected chi connectivity index (χ4v) is 5.65. The summed E-state index contributed by atoms with van der Waals surface area (Å²) in [6.45, 7) is 0. The summed E-state index contributed by atoms with van der Waals surface area (Å²) in [4.78, 5) is 37.0. The average molecular weight is 721 g/mol. The van der Waals surface area contributed by atoms with E-state index in [1.807, 2.05) is 0 Å². The number of aliphatic hydroxyl groups excluding tert-OH is 1. The molecule has 5 rings (SSSR count). The van der Waals surface area contributed by atoms with Crippen LogP contribution in [-0.2, 0) is 36.7 Å². The molecular formula is C36H32O16. The van der Waals surface area contributed by atoms with Gasteiger partial charge in [-0.3, -0.25) is 0 Å². The highest BCUT2D eigenvalue weighted by Crippen LogP contribution is 2.52. The normalized spacial score (nSPS) is 16.8. The Hall–Kier alpha value is -6.65. The van der Waals surface area contributed by atoms with Crippen molar-refractivity contribution in [3.63, 3.8) is 0 Å². The van der Waals surface area contributed by atoms with Gasteiger partial charge in [0.1, 0.15) is 17.6 Å². The molecule has 5 unspecified atom stereocenters. The standard InChI is InChI=1S/C36H32O16/c37-20-13-18(4-8-30(44)50-28(34(45)46)11-16-1-5-21(38)24(41)9-16)31-27(15-20)51-33(19-3-7-23(40)26(43)14-19)32(31)36(49)52-29(35(47)48)12-17-2-6-22(39)25(42)10-17/h1-10,13-15,28-29,32-33,36-43,49H,11-12H2,(H,45,46)(H,47,48). The van der Waals surface area contributed by atoms with E-state index in [2.05, 4.69) is 0 Å². The lowest BCUT2D eigenvalue weighted by molar-refractivity contribution is -0.183. The number of carboxylic acid groups (broad SMARTS) is 2. The molecule has 16 heteroatoms. The topological polar surface area (TPSA) is 281 Å². The van der Waals surface area contributed by atoms with Crippen LogP contribution in [0.5, 0.6) is 46.0 Å². The zero-order chi connectivity index (χ0) is 37.9. The summed E-state index contributed by atoms with van der Waals surface area (Å²) < 4.78 is 16.8. The van der Waals surface area contributed by atoms with Crippen LogP contribution in [0.15, 0.2) is 72.8 Å². The fourth-order valence-electron chi connectivity index (χ4n) is 5.65. The van der Waals surface area contributed by atoms with Crippen molar-refractivity contribution in [3.8, 4) is 46.0 Å². The number of aromatic hydroxyl groups is 7. The van der Waals surface area contributed by atoms with Crippen LogP contribution in [0, 0.1) is 0 Å². The zero-order valence-electron chi connectivity index (χ0n) is 26.7. The number of rotatable bonds is 13. The maximum absolute atomic E-state index is 12.9. The van der Waals surface area contributed by atoms with Crippen molar-refractivity contribution in [2.24, 2.45) is 0 Å². The number of carboxylic acids is 2. The summed E-state index contributed by atoms with van der Waals surface area (Å²) in [6, 6.07) is 13.1. The second kappa shape index (κ2) is 15.1. The molecule has 0 radical (unpaired) electrons. The van der Waals surface area contributed by atoms with E-state index in [0.29, 0.717) is 0 Å². The largest absolute Gasteiger partial charge is 0.508 e. The lowest BCUT2D eigenvalue weighted by Gasteiger charge is -2.27. The predicted molar refractivity (Wildman–Crippen MR) is 176 cm³/mol. The molecule has 1 aliphatic heterocycles. The number of phenolic OH excluding ortho intramolecular Hbond substituents is 7. The summed E-state index contributed by atoms with van der Waals surface area (Å²) in [6.07, 6.45) is -5.50. The number of hydrogen-bond acceptors (Lipinski definition) is 14. The first kappa shape index (κ1) is 36.6. The second-order valence-corrected chi connectivity index (χ2v) is 11.8. The van der Waals surface area contributed by atoms with E-state index in [0.717, 1.165) is 48.6 Å². The third kappa shape index (κ3) is 8.20. The molecule has 10 N–H and O–H groups in total. The second-order valence-electron chi connectivity index (χ2n) is 11.8. The molecule has 0 aromatic heterocycles. The quantitative estimate of drug-likeness (QED) is 0.0411. The van der Waals surface area contributed by atoms with Crippen molar-refractivity contribution in [2.75, 3.05) is 0 Å². The van der Waals surface area contributed by atoms with E-state index < -0.39 is 82.9 Å². The summed E-state index contributed by atoms with van der Waals surface area (Å²) >= 11 is 0. The highest BCUT2D eigenvalue weighted by Gasteiger charge is 2.44. The maximum Gasteiger partial charge on any atom is 0.345 e. The van der Waals surface area contributed by atoms with Gasteiger partial charge in [0, 0.05) is 30.5 Å². The summed E-state index contributed by atoms with van der Waals surface area (Å²) in [5, 5.41) is 101. The van der Waals surface area contributed by atoms with Crippen molar-refractivity contribution >= 4 is 24.0 Å². The van der Waals surface area contributed by atoms with Crippen LogP contribution in [0.2, 0.25) is 0 Å². The van der Waals surface area contributed by atoms with E-state index >= 15 is 0 Å². The van der Waals surface area contributed by atoms with Crippen molar-refractivity contribution in [2.45, 2.75) is 43.4 Å². The van der Waals surface area contributed by atoms with Gasteiger partial charge < -0.3 is 65.3 Å². The number of carbonyl (C=O) groups is 3. The van der Waals surface area contributed by atoms with Crippen molar-refractivity contribution in [1.82, 2.24) is 0 Å². The van der Waals surface area contributed by atoms with Gasteiger partial charge in [0.2, 0.25) is 6.10 Å². The molecule has 0 bridgehead atoms. The van der Waals surface area contributed by atoms with Gasteiger partial charge in [0.15, 0.2) is 46.9 Å². The summed E-state index contributed by atoms with van der Waals surface area (Å²) in [5.74, 6) is -8.87. The molecule has 0 saturated heterocycles. The predicted octanol–water partition coefficient (Wildman–Crippen LogP) is 3.13. The Morgan fingerprint density at radius 2 is 1.23 bits per heavy atom. The molecular weight excluding hydrogens is 688 g/mol. The molecule has 0 amide bonds. The van der Waals surface area contributed by atoms with Gasteiger partial charge in [0.05, 0.1) is 5.92 Å². The molecule has 1 aliphatic rings. The first-order chi connectivity index (χ1) is 24.6. The lowest BCUT2D eigenvalue weighted by atomic mass is 9.87. The Labute approximate surface area is 293 Å². The number of esters is 1. The number of fused-ring (bicyclic) bond motifs is 1.